The van der Waals surface area contributed by atoms with Crippen molar-refractivity contribution in [2.45, 2.75) is 44.3 Å². The van der Waals surface area contributed by atoms with E-state index in [0.29, 0.717) is 12.0 Å². The molecule has 2 aliphatic rings. The van der Waals surface area contributed by atoms with Crippen LogP contribution in [0.5, 0.6) is 0 Å². The van der Waals surface area contributed by atoms with Crippen molar-refractivity contribution in [3.63, 3.8) is 0 Å². The Hall–Kier alpha value is -0.160. The summed E-state index contributed by atoms with van der Waals surface area (Å²) in [5.74, 6) is 0.516. The Morgan fingerprint density at radius 2 is 2.00 bits per heavy atom. The Morgan fingerprint density at radius 1 is 1.28 bits per heavy atom. The van der Waals surface area contributed by atoms with Gasteiger partial charge in [0.2, 0.25) is 0 Å². The van der Waals surface area contributed by atoms with Crippen molar-refractivity contribution in [2.75, 3.05) is 40.4 Å². The molecule has 0 aromatic rings. The lowest BCUT2D eigenvalue weighted by Crippen LogP contribution is -2.49. The van der Waals surface area contributed by atoms with E-state index in [1.54, 1.807) is 7.11 Å². The zero-order chi connectivity index (χ0) is 13.1. The van der Waals surface area contributed by atoms with Gasteiger partial charge in [0.1, 0.15) is 0 Å². The minimum atomic E-state index is 0.470. The van der Waals surface area contributed by atoms with Crippen LogP contribution in [-0.4, -0.2) is 68.3 Å². The van der Waals surface area contributed by atoms with Crippen LogP contribution >= 0.6 is 0 Å². The maximum atomic E-state index is 6.01. The number of hydrogen-bond donors (Lipinski definition) is 1. The van der Waals surface area contributed by atoms with Gasteiger partial charge in [-0.25, -0.2) is 0 Å². The average Bonchev–Trinajstić information content (AvgIpc) is 2.57. The summed E-state index contributed by atoms with van der Waals surface area (Å²) in [7, 11) is 4.07. The number of likely N-dealkylation sites (tertiary alicyclic amines) is 1. The summed E-state index contributed by atoms with van der Waals surface area (Å²) < 4.78 is 5.30. The lowest BCUT2D eigenvalue weighted by atomic mass is 9.98. The van der Waals surface area contributed by atoms with Crippen LogP contribution in [0.1, 0.15) is 26.2 Å². The standard InChI is InChI=1S/C14H29N3O/c1-11(10-18-3)14(8-15)17-7-6-12-4-5-13(9-17)16(12)2/h11-14H,4-10,15H2,1-3H3. The Balaban J connectivity index is 1.99. The van der Waals surface area contributed by atoms with Crippen LogP contribution < -0.4 is 5.73 Å². The first-order valence-electron chi connectivity index (χ1n) is 7.32. The molecular weight excluding hydrogens is 226 g/mol. The second kappa shape index (κ2) is 6.33. The van der Waals surface area contributed by atoms with Gasteiger partial charge < -0.3 is 10.5 Å². The highest BCUT2D eigenvalue weighted by atomic mass is 16.5. The molecule has 0 aromatic carbocycles. The van der Waals surface area contributed by atoms with E-state index in [1.807, 2.05) is 0 Å². The highest BCUT2D eigenvalue weighted by Crippen LogP contribution is 2.30. The Morgan fingerprint density at radius 3 is 2.67 bits per heavy atom. The van der Waals surface area contributed by atoms with Gasteiger partial charge in [-0.1, -0.05) is 6.92 Å². The largest absolute Gasteiger partial charge is 0.384 e. The fourth-order valence-corrected chi connectivity index (χ4v) is 3.75. The minimum absolute atomic E-state index is 0.470. The summed E-state index contributed by atoms with van der Waals surface area (Å²) in [6.07, 6.45) is 4.03. The normalized spacial score (nSPS) is 33.3. The zero-order valence-electron chi connectivity index (χ0n) is 12.1. The molecule has 2 fully saturated rings. The second-order valence-corrected chi connectivity index (χ2v) is 6.07. The first-order chi connectivity index (χ1) is 8.67. The van der Waals surface area contributed by atoms with Gasteiger partial charge in [-0.2, -0.15) is 0 Å². The van der Waals surface area contributed by atoms with E-state index in [9.17, 15) is 0 Å². The Kier molecular flexibility index (Phi) is 5.01. The van der Waals surface area contributed by atoms with Crippen LogP contribution in [0.15, 0.2) is 0 Å². The third-order valence-corrected chi connectivity index (χ3v) is 4.98. The number of methoxy groups -OCH3 is 1. The molecule has 106 valence electrons. The number of likely N-dealkylation sites (N-methyl/N-ethyl adjacent to an activating group) is 1. The van der Waals surface area contributed by atoms with Gasteiger partial charge in [0.05, 0.1) is 6.61 Å². The average molecular weight is 255 g/mol. The molecule has 0 radical (unpaired) electrons. The van der Waals surface area contributed by atoms with Gasteiger partial charge >= 0.3 is 0 Å². The molecule has 0 aromatic heterocycles. The first-order valence-corrected chi connectivity index (χ1v) is 7.32. The maximum absolute atomic E-state index is 6.01. The molecule has 0 spiro atoms. The Labute approximate surface area is 111 Å². The lowest BCUT2D eigenvalue weighted by molar-refractivity contribution is 0.0793. The van der Waals surface area contributed by atoms with Crippen LogP contribution in [0.4, 0.5) is 0 Å². The van der Waals surface area contributed by atoms with Gasteiger partial charge in [-0.3, -0.25) is 9.80 Å². The van der Waals surface area contributed by atoms with Gasteiger partial charge in [0.15, 0.2) is 0 Å². The molecule has 0 saturated carbocycles. The lowest BCUT2D eigenvalue weighted by Gasteiger charge is -2.36. The summed E-state index contributed by atoms with van der Waals surface area (Å²) in [6.45, 7) is 6.19. The van der Waals surface area contributed by atoms with Gasteiger partial charge in [-0.15, -0.1) is 0 Å². The van der Waals surface area contributed by atoms with Crippen LogP contribution in [0, 0.1) is 5.92 Å². The molecule has 2 rings (SSSR count). The monoisotopic (exact) mass is 255 g/mol. The van der Waals surface area contributed by atoms with Crippen LogP contribution in [0.25, 0.3) is 0 Å². The zero-order valence-corrected chi connectivity index (χ0v) is 12.1. The molecule has 0 amide bonds. The van der Waals surface area contributed by atoms with E-state index in [4.69, 9.17) is 10.5 Å². The molecule has 4 nitrogen and oxygen atoms in total. The third-order valence-electron chi connectivity index (χ3n) is 4.98. The number of nitrogens with zero attached hydrogens (tertiary/aromatic N) is 2. The SMILES string of the molecule is COCC(C)C(CN)N1CCC2CCC(C1)N2C. The van der Waals surface area contributed by atoms with E-state index < -0.39 is 0 Å². The van der Waals surface area contributed by atoms with Crippen molar-refractivity contribution < 1.29 is 4.74 Å². The summed E-state index contributed by atoms with van der Waals surface area (Å²) in [5.41, 5.74) is 6.01. The minimum Gasteiger partial charge on any atom is -0.384 e. The van der Waals surface area contributed by atoms with Crippen molar-refractivity contribution in [3.8, 4) is 0 Å². The van der Waals surface area contributed by atoms with Crippen molar-refractivity contribution in [3.05, 3.63) is 0 Å². The molecule has 0 aliphatic carbocycles. The van der Waals surface area contributed by atoms with Crippen molar-refractivity contribution in [1.29, 1.82) is 0 Å². The summed E-state index contributed by atoms with van der Waals surface area (Å²) in [4.78, 5) is 5.21. The molecule has 2 saturated heterocycles. The molecule has 2 heterocycles. The molecular formula is C14H29N3O. The van der Waals surface area contributed by atoms with Gasteiger partial charge in [0, 0.05) is 44.9 Å². The molecule has 18 heavy (non-hydrogen) atoms. The van der Waals surface area contributed by atoms with E-state index >= 15 is 0 Å². The quantitative estimate of drug-likeness (QED) is 0.788. The molecule has 2 bridgehead atoms. The van der Waals surface area contributed by atoms with E-state index in [1.165, 1.54) is 32.4 Å². The highest BCUT2D eigenvalue weighted by molar-refractivity contribution is 4.93. The van der Waals surface area contributed by atoms with Gasteiger partial charge in [0.25, 0.3) is 0 Å². The van der Waals surface area contributed by atoms with E-state index in [2.05, 4.69) is 23.8 Å². The highest BCUT2D eigenvalue weighted by Gasteiger charge is 2.37. The molecule has 4 atom stereocenters. The van der Waals surface area contributed by atoms with Crippen LogP contribution in [0.3, 0.4) is 0 Å². The predicted molar refractivity (Wildman–Crippen MR) is 74.6 cm³/mol. The summed E-state index contributed by atoms with van der Waals surface area (Å²) in [5, 5.41) is 0. The molecule has 4 unspecified atom stereocenters. The van der Waals surface area contributed by atoms with Crippen molar-refractivity contribution >= 4 is 0 Å². The third kappa shape index (κ3) is 2.87. The van der Waals surface area contributed by atoms with Crippen molar-refractivity contribution in [2.24, 2.45) is 11.7 Å². The van der Waals surface area contributed by atoms with E-state index in [-0.39, 0.29) is 0 Å². The predicted octanol–water partition coefficient (Wildman–Crippen LogP) is 0.765. The maximum Gasteiger partial charge on any atom is 0.0503 e. The van der Waals surface area contributed by atoms with Crippen LogP contribution in [0.2, 0.25) is 0 Å². The Bertz CT molecular complexity index is 261. The number of rotatable bonds is 5. The summed E-state index contributed by atoms with van der Waals surface area (Å²) >= 11 is 0. The topological polar surface area (TPSA) is 41.7 Å². The second-order valence-electron chi connectivity index (χ2n) is 6.07. The fraction of sp³-hybridized carbons (Fsp3) is 1.00. The number of hydrogen-bond acceptors (Lipinski definition) is 4. The molecule has 2 aliphatic heterocycles. The van der Waals surface area contributed by atoms with Crippen LogP contribution in [-0.2, 0) is 4.74 Å². The summed E-state index contributed by atoms with van der Waals surface area (Å²) in [6, 6.07) is 2.01. The van der Waals surface area contributed by atoms with Gasteiger partial charge in [-0.05, 0) is 32.2 Å². The smallest absolute Gasteiger partial charge is 0.0503 e. The first kappa shape index (κ1) is 14.3. The fourth-order valence-electron chi connectivity index (χ4n) is 3.75. The molecule has 4 heteroatoms. The van der Waals surface area contributed by atoms with E-state index in [0.717, 1.165) is 25.2 Å². The van der Waals surface area contributed by atoms with Crippen molar-refractivity contribution in [1.82, 2.24) is 9.80 Å². The number of fused-ring (bicyclic) bond motifs is 2. The number of ether oxygens (including phenoxy) is 1. The molecule has 2 N–H and O–H groups in total. The number of nitrogens with two attached hydrogens (primary N) is 1.